The predicted molar refractivity (Wildman–Crippen MR) is 75.6 cm³/mol. The maximum atomic E-state index is 6.05. The van der Waals surface area contributed by atoms with Gasteiger partial charge in [0.15, 0.2) is 0 Å². The Balaban J connectivity index is 1.84. The Morgan fingerprint density at radius 2 is 2.17 bits per heavy atom. The second-order valence-electron chi connectivity index (χ2n) is 5.29. The number of rotatable bonds is 6. The van der Waals surface area contributed by atoms with Crippen LogP contribution in [0.5, 0.6) is 0 Å². The second-order valence-corrected chi connectivity index (χ2v) is 5.29. The molecule has 2 heteroatoms. The average molecular weight is 247 g/mol. The van der Waals surface area contributed by atoms with E-state index in [-0.39, 0.29) is 0 Å². The number of hydrogen-bond acceptors (Lipinski definition) is 2. The Labute approximate surface area is 111 Å². The molecule has 18 heavy (non-hydrogen) atoms. The van der Waals surface area contributed by atoms with Crippen LogP contribution < -0.4 is 5.73 Å². The zero-order valence-corrected chi connectivity index (χ0v) is 11.4. The molecule has 1 aromatic rings. The van der Waals surface area contributed by atoms with Gasteiger partial charge in [0.05, 0.1) is 12.7 Å². The van der Waals surface area contributed by atoms with Gasteiger partial charge in [0.1, 0.15) is 0 Å². The van der Waals surface area contributed by atoms with Crippen molar-refractivity contribution in [3.63, 3.8) is 0 Å². The summed E-state index contributed by atoms with van der Waals surface area (Å²) in [7, 11) is 0. The lowest BCUT2D eigenvalue weighted by Crippen LogP contribution is -2.20. The first-order valence-corrected chi connectivity index (χ1v) is 7.26. The van der Waals surface area contributed by atoms with E-state index in [4.69, 9.17) is 10.5 Å². The largest absolute Gasteiger partial charge is 0.373 e. The van der Waals surface area contributed by atoms with Gasteiger partial charge >= 0.3 is 0 Å². The third-order valence-corrected chi connectivity index (χ3v) is 3.79. The fourth-order valence-electron chi connectivity index (χ4n) is 2.80. The van der Waals surface area contributed by atoms with Crippen molar-refractivity contribution >= 4 is 0 Å². The normalized spacial score (nSPS) is 20.4. The van der Waals surface area contributed by atoms with Crippen LogP contribution in [0.3, 0.4) is 0 Å². The van der Waals surface area contributed by atoms with Crippen LogP contribution in [0.25, 0.3) is 0 Å². The average Bonchev–Trinajstić information content (AvgIpc) is 2.39. The van der Waals surface area contributed by atoms with E-state index in [2.05, 4.69) is 31.2 Å². The predicted octanol–water partition coefficient (Wildman–Crippen LogP) is 3.60. The van der Waals surface area contributed by atoms with Crippen LogP contribution in [0.1, 0.15) is 56.3 Å². The number of hydrogen-bond donors (Lipinski definition) is 1. The van der Waals surface area contributed by atoms with E-state index in [1.165, 1.54) is 24.0 Å². The molecule has 0 bridgehead atoms. The fraction of sp³-hybridized carbons (Fsp3) is 0.625. The van der Waals surface area contributed by atoms with Crippen molar-refractivity contribution in [2.24, 2.45) is 5.73 Å². The Morgan fingerprint density at radius 3 is 3.00 bits per heavy atom. The first-order chi connectivity index (χ1) is 8.81. The summed E-state index contributed by atoms with van der Waals surface area (Å²) >= 11 is 0. The Hall–Kier alpha value is -0.860. The van der Waals surface area contributed by atoms with Crippen LogP contribution in [-0.2, 0) is 11.2 Å². The topological polar surface area (TPSA) is 35.2 Å². The van der Waals surface area contributed by atoms with Gasteiger partial charge in [-0.3, -0.25) is 0 Å². The number of nitrogens with two attached hydrogens (primary N) is 1. The molecule has 2 N–H and O–H groups in total. The van der Waals surface area contributed by atoms with Crippen molar-refractivity contribution < 1.29 is 4.74 Å². The summed E-state index contributed by atoms with van der Waals surface area (Å²) in [5.41, 5.74) is 8.91. The smallest absolute Gasteiger partial charge is 0.0827 e. The van der Waals surface area contributed by atoms with E-state index in [1.54, 1.807) is 0 Å². The molecule has 1 aliphatic rings. The second kappa shape index (κ2) is 6.91. The lowest BCUT2D eigenvalue weighted by molar-refractivity contribution is 0.0346. The molecule has 1 aromatic carbocycles. The van der Waals surface area contributed by atoms with E-state index < -0.39 is 0 Å². The highest BCUT2D eigenvalue weighted by atomic mass is 16.5. The summed E-state index contributed by atoms with van der Waals surface area (Å²) in [6.07, 6.45) is 7.07. The Kier molecular flexibility index (Phi) is 5.21. The Morgan fingerprint density at radius 1 is 1.33 bits per heavy atom. The van der Waals surface area contributed by atoms with Crippen molar-refractivity contribution in [2.75, 3.05) is 6.61 Å². The van der Waals surface area contributed by atoms with Crippen molar-refractivity contribution in [2.45, 2.75) is 57.6 Å². The molecule has 2 atom stereocenters. The van der Waals surface area contributed by atoms with E-state index >= 15 is 0 Å². The van der Waals surface area contributed by atoms with Gasteiger partial charge in [-0.15, -0.1) is 0 Å². The zero-order valence-electron chi connectivity index (χ0n) is 11.4. The molecule has 2 rings (SSSR count). The third kappa shape index (κ3) is 3.56. The monoisotopic (exact) mass is 247 g/mol. The molecule has 0 spiro atoms. The maximum absolute atomic E-state index is 6.05. The molecule has 0 saturated heterocycles. The quantitative estimate of drug-likeness (QED) is 0.833. The van der Waals surface area contributed by atoms with E-state index in [1.807, 2.05) is 0 Å². The zero-order chi connectivity index (χ0) is 12.8. The van der Waals surface area contributed by atoms with Gasteiger partial charge in [-0.1, -0.05) is 37.6 Å². The van der Waals surface area contributed by atoms with Gasteiger partial charge in [-0.25, -0.2) is 0 Å². The highest BCUT2D eigenvalue weighted by molar-refractivity contribution is 5.30. The highest BCUT2D eigenvalue weighted by Gasteiger charge is 2.19. The van der Waals surface area contributed by atoms with E-state index in [0.717, 1.165) is 32.3 Å². The van der Waals surface area contributed by atoms with E-state index in [9.17, 15) is 0 Å². The highest BCUT2D eigenvalue weighted by Crippen LogP contribution is 2.30. The Bertz CT molecular complexity index is 364. The molecule has 1 heterocycles. The lowest BCUT2D eigenvalue weighted by Gasteiger charge is -2.26. The van der Waals surface area contributed by atoms with Gasteiger partial charge in [0.2, 0.25) is 0 Å². The van der Waals surface area contributed by atoms with Crippen LogP contribution in [0.2, 0.25) is 0 Å². The van der Waals surface area contributed by atoms with Crippen LogP contribution in [-0.4, -0.2) is 12.6 Å². The van der Waals surface area contributed by atoms with E-state index in [0.29, 0.717) is 12.1 Å². The van der Waals surface area contributed by atoms with Crippen molar-refractivity contribution in [3.05, 3.63) is 35.4 Å². The molecule has 0 aliphatic carbocycles. The molecule has 100 valence electrons. The minimum atomic E-state index is 0.295. The third-order valence-electron chi connectivity index (χ3n) is 3.79. The molecule has 0 amide bonds. The molecule has 2 nitrogen and oxygen atoms in total. The van der Waals surface area contributed by atoms with Crippen molar-refractivity contribution in [3.8, 4) is 0 Å². The van der Waals surface area contributed by atoms with Gasteiger partial charge in [0.25, 0.3) is 0 Å². The first-order valence-electron chi connectivity index (χ1n) is 7.26. The summed E-state index contributed by atoms with van der Waals surface area (Å²) in [4.78, 5) is 0. The molecule has 0 aromatic heterocycles. The van der Waals surface area contributed by atoms with Crippen molar-refractivity contribution in [1.29, 1.82) is 0 Å². The molecule has 1 aliphatic heterocycles. The molecule has 0 radical (unpaired) electrons. The van der Waals surface area contributed by atoms with Crippen LogP contribution in [0, 0.1) is 0 Å². The standard InChI is InChI=1S/C16H25NO/c1-2-6-14(17)8-5-10-16-15-9-4-3-7-13(15)11-12-18-16/h3-4,7,9,14,16H,2,5-6,8,10-12,17H2,1H3. The van der Waals surface area contributed by atoms with Gasteiger partial charge in [-0.05, 0) is 43.2 Å². The maximum Gasteiger partial charge on any atom is 0.0827 e. The van der Waals surface area contributed by atoms with Gasteiger partial charge < -0.3 is 10.5 Å². The first kappa shape index (κ1) is 13.6. The summed E-state index contributed by atoms with van der Waals surface area (Å²) < 4.78 is 5.91. The SMILES string of the molecule is CCCC(N)CCCC1OCCc2ccccc21. The molecular formula is C16H25NO. The van der Waals surface area contributed by atoms with Crippen molar-refractivity contribution in [1.82, 2.24) is 0 Å². The molecule has 0 fully saturated rings. The fourth-order valence-corrected chi connectivity index (χ4v) is 2.80. The van der Waals surface area contributed by atoms with Crippen LogP contribution in [0.4, 0.5) is 0 Å². The molecular weight excluding hydrogens is 222 g/mol. The summed E-state index contributed by atoms with van der Waals surface area (Å²) in [5.74, 6) is 0. The van der Waals surface area contributed by atoms with Gasteiger partial charge in [0, 0.05) is 6.04 Å². The molecule has 2 unspecified atom stereocenters. The minimum Gasteiger partial charge on any atom is -0.373 e. The number of benzene rings is 1. The molecule has 0 saturated carbocycles. The number of fused-ring (bicyclic) bond motifs is 1. The number of ether oxygens (including phenoxy) is 1. The summed E-state index contributed by atoms with van der Waals surface area (Å²) in [6.45, 7) is 3.06. The van der Waals surface area contributed by atoms with Crippen LogP contribution in [0.15, 0.2) is 24.3 Å². The summed E-state index contributed by atoms with van der Waals surface area (Å²) in [5, 5.41) is 0. The van der Waals surface area contributed by atoms with Crippen LogP contribution >= 0.6 is 0 Å². The minimum absolute atomic E-state index is 0.295. The van der Waals surface area contributed by atoms with Gasteiger partial charge in [-0.2, -0.15) is 0 Å². The lowest BCUT2D eigenvalue weighted by atomic mass is 9.93. The summed E-state index contributed by atoms with van der Waals surface area (Å²) in [6, 6.07) is 9.05.